The molecule has 1 aliphatic rings. The smallest absolute Gasteiger partial charge is 0.191 e. The van der Waals surface area contributed by atoms with Gasteiger partial charge in [-0.2, -0.15) is 0 Å². The first kappa shape index (κ1) is 20.1. The number of aliphatic imine (C=N–C) groups is 1. The quantitative estimate of drug-likeness (QED) is 0.624. The fourth-order valence-corrected chi connectivity index (χ4v) is 4.30. The van der Waals surface area contributed by atoms with E-state index in [2.05, 4.69) is 9.89 Å². The lowest BCUT2D eigenvalue weighted by atomic mass is 10.1. The Hall–Kier alpha value is -2.61. The molecule has 8 heteroatoms. The number of guanidine groups is 1. The second-order valence-corrected chi connectivity index (χ2v) is 8.98. The molecule has 0 aromatic heterocycles. The van der Waals surface area contributed by atoms with Crippen LogP contribution in [0.15, 0.2) is 52.4 Å². The number of hydrogen-bond donors (Lipinski definition) is 1. The zero-order valence-corrected chi connectivity index (χ0v) is 16.9. The van der Waals surface area contributed by atoms with E-state index in [1.807, 2.05) is 11.0 Å². The molecule has 1 aliphatic heterocycles. The summed E-state index contributed by atoms with van der Waals surface area (Å²) in [6, 6.07) is 11.7. The zero-order chi connectivity index (χ0) is 20.3. The van der Waals surface area contributed by atoms with Crippen molar-refractivity contribution in [2.75, 3.05) is 37.3 Å². The van der Waals surface area contributed by atoms with Crippen LogP contribution < -0.4 is 10.6 Å². The second-order valence-electron chi connectivity index (χ2n) is 7.00. The molecule has 2 aromatic rings. The van der Waals surface area contributed by atoms with E-state index in [-0.39, 0.29) is 5.82 Å². The van der Waals surface area contributed by atoms with E-state index in [9.17, 15) is 12.8 Å². The highest BCUT2D eigenvalue weighted by Crippen LogP contribution is 2.18. The lowest BCUT2D eigenvalue weighted by molar-refractivity contribution is 0.380. The van der Waals surface area contributed by atoms with Crippen LogP contribution in [0.5, 0.6) is 0 Å². The van der Waals surface area contributed by atoms with Crippen molar-refractivity contribution in [1.29, 1.82) is 0 Å². The molecule has 0 saturated carbocycles. The average Bonchev–Trinajstić information content (AvgIpc) is 2.66. The summed E-state index contributed by atoms with van der Waals surface area (Å²) in [4.78, 5) is 9.02. The Morgan fingerprint density at radius 1 is 1.11 bits per heavy atom. The Bertz CT molecular complexity index is 966. The third kappa shape index (κ3) is 4.81. The van der Waals surface area contributed by atoms with Crippen LogP contribution in [0, 0.1) is 12.7 Å². The first-order chi connectivity index (χ1) is 13.2. The average molecular weight is 405 g/mol. The van der Waals surface area contributed by atoms with Crippen LogP contribution in [-0.2, 0) is 16.4 Å². The second kappa shape index (κ2) is 8.18. The minimum atomic E-state index is -3.22. The Morgan fingerprint density at radius 3 is 2.32 bits per heavy atom. The number of aryl methyl sites for hydroxylation is 1. The number of rotatable bonds is 4. The number of benzene rings is 2. The fourth-order valence-electron chi connectivity index (χ4n) is 3.34. The van der Waals surface area contributed by atoms with Crippen molar-refractivity contribution in [2.24, 2.45) is 10.7 Å². The number of sulfone groups is 1. The third-order valence-electron chi connectivity index (χ3n) is 4.86. The van der Waals surface area contributed by atoms with Gasteiger partial charge in [-0.3, -0.25) is 0 Å². The molecule has 0 aliphatic carbocycles. The molecule has 1 heterocycles. The number of nitrogens with zero attached hydrogens (tertiary/aromatic N) is 3. The fraction of sp³-hybridized carbons (Fsp3) is 0.350. The Morgan fingerprint density at radius 2 is 1.75 bits per heavy atom. The highest BCUT2D eigenvalue weighted by molar-refractivity contribution is 7.90. The molecular weight excluding hydrogens is 379 g/mol. The summed E-state index contributed by atoms with van der Waals surface area (Å²) in [6.45, 7) is 5.21. The van der Waals surface area contributed by atoms with Crippen LogP contribution in [0.3, 0.4) is 0 Å². The third-order valence-corrected chi connectivity index (χ3v) is 6.11. The molecule has 2 aromatic carbocycles. The molecule has 0 amide bonds. The van der Waals surface area contributed by atoms with Crippen LogP contribution in [0.25, 0.3) is 0 Å². The molecule has 6 nitrogen and oxygen atoms in total. The van der Waals surface area contributed by atoms with Gasteiger partial charge in [0.05, 0.1) is 11.4 Å². The van der Waals surface area contributed by atoms with Crippen LogP contribution in [-0.4, -0.2) is 51.7 Å². The van der Waals surface area contributed by atoms with Crippen LogP contribution >= 0.6 is 0 Å². The summed E-state index contributed by atoms with van der Waals surface area (Å²) in [7, 11) is -3.22. The highest BCUT2D eigenvalue weighted by Gasteiger charge is 2.18. The molecule has 1 saturated heterocycles. The first-order valence-electron chi connectivity index (χ1n) is 9.09. The van der Waals surface area contributed by atoms with Crippen LogP contribution in [0.1, 0.15) is 11.1 Å². The minimum absolute atomic E-state index is 0.237. The van der Waals surface area contributed by atoms with E-state index in [1.165, 1.54) is 18.4 Å². The molecule has 0 radical (unpaired) electrons. The van der Waals surface area contributed by atoms with E-state index in [0.717, 1.165) is 37.4 Å². The van der Waals surface area contributed by atoms with Gasteiger partial charge in [0.15, 0.2) is 15.8 Å². The maximum Gasteiger partial charge on any atom is 0.191 e. The van der Waals surface area contributed by atoms with Crippen LogP contribution in [0.2, 0.25) is 0 Å². The lowest BCUT2D eigenvalue weighted by Gasteiger charge is -2.36. The lowest BCUT2D eigenvalue weighted by Crippen LogP contribution is -2.51. The highest BCUT2D eigenvalue weighted by atomic mass is 32.2. The molecule has 1 fully saturated rings. The van der Waals surface area contributed by atoms with Crippen molar-refractivity contribution in [1.82, 2.24) is 4.90 Å². The van der Waals surface area contributed by atoms with E-state index in [4.69, 9.17) is 5.73 Å². The SMILES string of the molecule is Cc1cc(CN=C(N)N2CCN(c3ccc(F)cc3)CC2)ccc1S(C)(=O)=O. The van der Waals surface area contributed by atoms with Crippen molar-refractivity contribution in [3.8, 4) is 0 Å². The summed E-state index contributed by atoms with van der Waals surface area (Å²) in [5.74, 6) is 0.238. The topological polar surface area (TPSA) is 79.0 Å². The Labute approximate surface area is 165 Å². The van der Waals surface area contributed by atoms with Crippen LogP contribution in [0.4, 0.5) is 10.1 Å². The van der Waals surface area contributed by atoms with Gasteiger partial charge < -0.3 is 15.5 Å². The van der Waals surface area contributed by atoms with Gasteiger partial charge >= 0.3 is 0 Å². The number of anilines is 1. The van der Waals surface area contributed by atoms with Gasteiger partial charge in [0.2, 0.25) is 0 Å². The summed E-state index contributed by atoms with van der Waals surface area (Å²) in [6.07, 6.45) is 1.21. The van der Waals surface area contributed by atoms with E-state index < -0.39 is 9.84 Å². The van der Waals surface area contributed by atoms with Crippen molar-refractivity contribution < 1.29 is 12.8 Å². The van der Waals surface area contributed by atoms with Crippen molar-refractivity contribution in [3.63, 3.8) is 0 Å². The summed E-state index contributed by atoms with van der Waals surface area (Å²) in [5, 5.41) is 0. The number of piperazine rings is 1. The van der Waals surface area contributed by atoms with Gasteiger partial charge in [-0.1, -0.05) is 12.1 Å². The molecule has 3 rings (SSSR count). The maximum atomic E-state index is 13.1. The standard InChI is InChI=1S/C20H25FN4O2S/c1-15-13-16(3-8-19(15)28(2,26)27)14-23-20(22)25-11-9-24(10-12-25)18-6-4-17(21)5-7-18/h3-8,13H,9-12,14H2,1-2H3,(H2,22,23). The molecule has 0 unspecified atom stereocenters. The molecule has 28 heavy (non-hydrogen) atoms. The molecule has 0 spiro atoms. The number of halogens is 1. The van der Waals surface area contributed by atoms with Gasteiger partial charge in [-0.15, -0.1) is 0 Å². The molecule has 150 valence electrons. The zero-order valence-electron chi connectivity index (χ0n) is 16.1. The normalized spacial score (nSPS) is 15.8. The van der Waals surface area contributed by atoms with Gasteiger partial charge in [-0.25, -0.2) is 17.8 Å². The number of nitrogens with two attached hydrogens (primary N) is 1. The van der Waals surface area contributed by atoms with Gasteiger partial charge in [0, 0.05) is 38.1 Å². The molecule has 0 bridgehead atoms. The van der Waals surface area contributed by atoms with E-state index >= 15 is 0 Å². The minimum Gasteiger partial charge on any atom is -0.370 e. The predicted octanol–water partition coefficient (Wildman–Crippen LogP) is 2.17. The van der Waals surface area contributed by atoms with Gasteiger partial charge in [0.25, 0.3) is 0 Å². The summed E-state index contributed by atoms with van der Waals surface area (Å²) >= 11 is 0. The van der Waals surface area contributed by atoms with E-state index in [0.29, 0.717) is 23.0 Å². The van der Waals surface area contributed by atoms with Gasteiger partial charge in [0.1, 0.15) is 5.82 Å². The molecule has 2 N–H and O–H groups in total. The first-order valence-corrected chi connectivity index (χ1v) is 11.0. The Balaban J connectivity index is 1.59. The van der Waals surface area contributed by atoms with Gasteiger partial charge in [-0.05, 0) is 48.4 Å². The van der Waals surface area contributed by atoms with Crippen molar-refractivity contribution >= 4 is 21.5 Å². The van der Waals surface area contributed by atoms with Crippen molar-refractivity contribution in [3.05, 3.63) is 59.4 Å². The van der Waals surface area contributed by atoms with E-state index in [1.54, 1.807) is 31.2 Å². The molecule has 0 atom stereocenters. The predicted molar refractivity (Wildman–Crippen MR) is 110 cm³/mol. The summed E-state index contributed by atoms with van der Waals surface area (Å²) < 4.78 is 36.5. The number of hydrogen-bond acceptors (Lipinski definition) is 4. The monoisotopic (exact) mass is 404 g/mol. The van der Waals surface area contributed by atoms with Crippen molar-refractivity contribution in [2.45, 2.75) is 18.4 Å². The Kier molecular flexibility index (Phi) is 5.88. The largest absolute Gasteiger partial charge is 0.370 e. The maximum absolute atomic E-state index is 13.1. The molecular formula is C20H25FN4O2S. The summed E-state index contributed by atoms with van der Waals surface area (Å²) in [5.41, 5.74) is 8.77.